The molecule has 0 saturated carbocycles. The van der Waals surface area contributed by atoms with Crippen molar-refractivity contribution < 1.29 is 18.3 Å². The smallest absolute Gasteiger partial charge is 0.338 e. The number of nitrogens with zero attached hydrogens (tertiary/aromatic N) is 1. The third kappa shape index (κ3) is 2.29. The highest BCUT2D eigenvalue weighted by Gasteiger charge is 2.20. The molecule has 16 heavy (non-hydrogen) atoms. The van der Waals surface area contributed by atoms with E-state index in [1.807, 2.05) is 0 Å². The number of esters is 1. The number of rotatable bonds is 2. The molecule has 0 aliphatic rings. The largest absolute Gasteiger partial charge is 0.465 e. The fourth-order valence-corrected chi connectivity index (χ4v) is 1.99. The molecule has 1 aromatic rings. The lowest BCUT2D eigenvalue weighted by molar-refractivity contribution is 0.0599. The van der Waals surface area contributed by atoms with Gasteiger partial charge in [0, 0.05) is 9.13 Å². The van der Waals surface area contributed by atoms with Crippen LogP contribution in [0.3, 0.4) is 0 Å². The minimum Gasteiger partial charge on any atom is -0.465 e. The predicted molar refractivity (Wildman–Crippen MR) is 60.2 cm³/mol. The van der Waals surface area contributed by atoms with Crippen LogP contribution in [-0.4, -0.2) is 13.1 Å². The topological polar surface area (TPSA) is 50.1 Å². The van der Waals surface area contributed by atoms with Crippen molar-refractivity contribution in [2.75, 3.05) is 7.11 Å². The fraction of sp³-hybridized carbons (Fsp3) is 0.200. The van der Waals surface area contributed by atoms with Gasteiger partial charge >= 0.3 is 5.97 Å². The van der Waals surface area contributed by atoms with Crippen LogP contribution in [0, 0.1) is 14.9 Å². The number of hydrogen-bond acceptors (Lipinski definition) is 3. The van der Waals surface area contributed by atoms with Crippen LogP contribution in [0.15, 0.2) is 12.1 Å². The molecule has 0 aliphatic heterocycles. The van der Waals surface area contributed by atoms with Crippen molar-refractivity contribution in [2.24, 2.45) is 0 Å². The highest BCUT2D eigenvalue weighted by Crippen LogP contribution is 2.28. The van der Waals surface area contributed by atoms with Crippen molar-refractivity contribution in [1.82, 2.24) is 0 Å². The first kappa shape index (κ1) is 12.8. The third-order valence-electron chi connectivity index (χ3n) is 1.93. The average molecular weight is 337 g/mol. The van der Waals surface area contributed by atoms with Crippen LogP contribution in [0.1, 0.15) is 27.9 Å². The highest BCUT2D eigenvalue weighted by molar-refractivity contribution is 14.1. The molecule has 1 aromatic carbocycles. The van der Waals surface area contributed by atoms with Crippen LogP contribution in [-0.2, 0) is 4.74 Å². The Morgan fingerprint density at radius 1 is 1.56 bits per heavy atom. The molecule has 0 radical (unpaired) electrons. The molecule has 0 atom stereocenters. The molecule has 0 unspecified atom stereocenters. The van der Waals surface area contributed by atoms with E-state index in [4.69, 9.17) is 5.26 Å². The monoisotopic (exact) mass is 337 g/mol. The van der Waals surface area contributed by atoms with Gasteiger partial charge in [0.15, 0.2) is 0 Å². The SMILES string of the molecule is COC(=O)c1ccc(C(F)F)c(C#N)c1I. The molecular weight excluding hydrogens is 331 g/mol. The molecule has 1 rings (SSSR count). The molecule has 0 fully saturated rings. The summed E-state index contributed by atoms with van der Waals surface area (Å²) in [6, 6.07) is 3.97. The van der Waals surface area contributed by atoms with Gasteiger partial charge in [0.2, 0.25) is 0 Å². The van der Waals surface area contributed by atoms with Gasteiger partial charge in [-0.1, -0.05) is 6.07 Å². The molecule has 0 heterocycles. The highest BCUT2D eigenvalue weighted by atomic mass is 127. The van der Waals surface area contributed by atoms with Gasteiger partial charge in [-0.2, -0.15) is 5.26 Å². The molecule has 0 amide bonds. The van der Waals surface area contributed by atoms with Crippen molar-refractivity contribution in [3.8, 4) is 6.07 Å². The van der Waals surface area contributed by atoms with Crippen molar-refractivity contribution in [3.05, 3.63) is 32.4 Å². The van der Waals surface area contributed by atoms with Gasteiger partial charge in [0.25, 0.3) is 6.43 Å². The van der Waals surface area contributed by atoms with Crippen LogP contribution in [0.5, 0.6) is 0 Å². The van der Waals surface area contributed by atoms with Crippen LogP contribution in [0.2, 0.25) is 0 Å². The van der Waals surface area contributed by atoms with Crippen LogP contribution >= 0.6 is 22.6 Å². The molecule has 0 saturated heterocycles. The van der Waals surface area contributed by atoms with Gasteiger partial charge in [-0.25, -0.2) is 13.6 Å². The molecule has 0 aliphatic carbocycles. The van der Waals surface area contributed by atoms with Gasteiger partial charge in [-0.05, 0) is 28.7 Å². The summed E-state index contributed by atoms with van der Waals surface area (Å²) in [6.07, 6.45) is -2.74. The Hall–Kier alpha value is -1.23. The number of hydrogen-bond donors (Lipinski definition) is 0. The molecule has 6 heteroatoms. The Bertz CT molecular complexity index is 469. The summed E-state index contributed by atoms with van der Waals surface area (Å²) in [5, 5.41) is 8.79. The summed E-state index contributed by atoms with van der Waals surface area (Å²) in [7, 11) is 1.19. The first-order chi connectivity index (χ1) is 7.52. The normalized spacial score (nSPS) is 10.0. The second-order valence-electron chi connectivity index (χ2n) is 2.80. The van der Waals surface area contributed by atoms with Gasteiger partial charge < -0.3 is 4.74 Å². The van der Waals surface area contributed by atoms with Crippen molar-refractivity contribution in [3.63, 3.8) is 0 Å². The maximum absolute atomic E-state index is 12.5. The van der Waals surface area contributed by atoms with E-state index in [0.717, 1.165) is 6.07 Å². The third-order valence-corrected chi connectivity index (χ3v) is 3.05. The Morgan fingerprint density at radius 3 is 2.62 bits per heavy atom. The first-order valence-electron chi connectivity index (χ1n) is 4.11. The van der Waals surface area contributed by atoms with E-state index >= 15 is 0 Å². The minimum atomic E-state index is -2.74. The van der Waals surface area contributed by atoms with Crippen LogP contribution in [0.25, 0.3) is 0 Å². The molecule has 0 N–H and O–H groups in total. The van der Waals surface area contributed by atoms with Gasteiger partial charge in [0.1, 0.15) is 6.07 Å². The van der Waals surface area contributed by atoms with E-state index in [1.54, 1.807) is 28.7 Å². The maximum Gasteiger partial charge on any atom is 0.338 e. The first-order valence-corrected chi connectivity index (χ1v) is 5.19. The average Bonchev–Trinajstić information content (AvgIpc) is 2.27. The Morgan fingerprint density at radius 2 is 2.19 bits per heavy atom. The number of ether oxygens (including phenoxy) is 1. The standard InChI is InChI=1S/C10H6F2INO2/c1-16-10(15)6-3-2-5(9(11)12)7(4-14)8(6)13/h2-3,9H,1H3. The number of carbonyl (C=O) groups excluding carboxylic acids is 1. The van der Waals surface area contributed by atoms with E-state index in [9.17, 15) is 13.6 Å². The van der Waals surface area contributed by atoms with E-state index in [2.05, 4.69) is 4.74 Å². The van der Waals surface area contributed by atoms with E-state index in [-0.39, 0.29) is 20.3 Å². The summed E-state index contributed by atoms with van der Waals surface area (Å²) in [5.74, 6) is -0.651. The Balaban J connectivity index is 3.42. The number of benzene rings is 1. The minimum absolute atomic E-state index is 0.115. The van der Waals surface area contributed by atoms with Gasteiger partial charge in [-0.3, -0.25) is 0 Å². The molecular formula is C10H6F2INO2. The quantitative estimate of drug-likeness (QED) is 0.616. The molecule has 0 bridgehead atoms. The number of methoxy groups -OCH3 is 1. The molecule has 3 nitrogen and oxygen atoms in total. The van der Waals surface area contributed by atoms with E-state index in [0.29, 0.717) is 0 Å². The van der Waals surface area contributed by atoms with E-state index in [1.165, 1.54) is 13.2 Å². The zero-order chi connectivity index (χ0) is 12.3. The van der Waals surface area contributed by atoms with E-state index < -0.39 is 12.4 Å². The number of carbonyl (C=O) groups is 1. The second kappa shape index (κ2) is 5.21. The fourth-order valence-electron chi connectivity index (χ4n) is 1.15. The lowest BCUT2D eigenvalue weighted by Gasteiger charge is -2.08. The number of nitriles is 1. The summed E-state index contributed by atoms with van der Waals surface area (Å²) in [4.78, 5) is 11.3. The Labute approximate surface area is 104 Å². The summed E-state index contributed by atoms with van der Waals surface area (Å²) in [5.41, 5.74) is -0.442. The summed E-state index contributed by atoms with van der Waals surface area (Å²) in [6.45, 7) is 0. The van der Waals surface area contributed by atoms with Gasteiger partial charge in [-0.15, -0.1) is 0 Å². The van der Waals surface area contributed by atoms with Crippen molar-refractivity contribution in [2.45, 2.75) is 6.43 Å². The van der Waals surface area contributed by atoms with Crippen LogP contribution < -0.4 is 0 Å². The van der Waals surface area contributed by atoms with Crippen molar-refractivity contribution >= 4 is 28.6 Å². The zero-order valence-electron chi connectivity index (χ0n) is 8.13. The van der Waals surface area contributed by atoms with Crippen LogP contribution in [0.4, 0.5) is 8.78 Å². The lowest BCUT2D eigenvalue weighted by Crippen LogP contribution is -2.07. The lowest BCUT2D eigenvalue weighted by atomic mass is 10.1. The maximum atomic E-state index is 12.5. The molecule has 84 valence electrons. The number of halogens is 3. The zero-order valence-corrected chi connectivity index (χ0v) is 10.3. The van der Waals surface area contributed by atoms with Gasteiger partial charge in [0.05, 0.1) is 18.2 Å². The van der Waals surface area contributed by atoms with Crippen molar-refractivity contribution in [1.29, 1.82) is 5.26 Å². The Kier molecular flexibility index (Phi) is 4.18. The number of alkyl halides is 2. The summed E-state index contributed by atoms with van der Waals surface area (Å²) < 4.78 is 29.7. The molecule has 0 spiro atoms. The predicted octanol–water partition coefficient (Wildman–Crippen LogP) is 2.89. The molecule has 0 aromatic heterocycles. The summed E-state index contributed by atoms with van der Waals surface area (Å²) >= 11 is 1.68. The second-order valence-corrected chi connectivity index (χ2v) is 3.87.